The van der Waals surface area contributed by atoms with Crippen molar-refractivity contribution in [1.29, 1.82) is 0 Å². The van der Waals surface area contributed by atoms with Crippen molar-refractivity contribution in [3.05, 3.63) is 24.3 Å². The Morgan fingerprint density at radius 1 is 0.550 bits per heavy atom. The minimum Gasteiger partial charge on any atom is -0.369 e. The summed E-state index contributed by atoms with van der Waals surface area (Å²) in [4.78, 5) is 9.78. The van der Waals surface area contributed by atoms with Gasteiger partial charge in [0.1, 0.15) is 0 Å². The predicted octanol–water partition coefficient (Wildman–Crippen LogP) is 1.19. The van der Waals surface area contributed by atoms with Crippen LogP contribution >= 0.6 is 0 Å². The van der Waals surface area contributed by atoms with Gasteiger partial charge in [-0.05, 0) is 38.4 Å². The molecule has 0 unspecified atom stereocenters. The molecule has 20 heavy (non-hydrogen) atoms. The van der Waals surface area contributed by atoms with Gasteiger partial charge in [-0.25, -0.2) is 0 Å². The highest BCUT2D eigenvalue weighted by atomic mass is 15.3. The number of anilines is 2. The fourth-order valence-corrected chi connectivity index (χ4v) is 3.00. The molecule has 3 rings (SSSR count). The van der Waals surface area contributed by atoms with Crippen LogP contribution in [0.3, 0.4) is 0 Å². The van der Waals surface area contributed by atoms with E-state index in [0.29, 0.717) is 0 Å². The first-order valence-electron chi connectivity index (χ1n) is 7.69. The van der Waals surface area contributed by atoms with E-state index >= 15 is 0 Å². The Morgan fingerprint density at radius 2 is 0.850 bits per heavy atom. The summed E-state index contributed by atoms with van der Waals surface area (Å²) in [5.41, 5.74) is 2.74. The second-order valence-corrected chi connectivity index (χ2v) is 6.10. The average Bonchev–Trinajstić information content (AvgIpc) is 2.49. The van der Waals surface area contributed by atoms with Gasteiger partial charge in [0.15, 0.2) is 0 Å². The van der Waals surface area contributed by atoms with E-state index in [1.54, 1.807) is 0 Å². The predicted molar refractivity (Wildman–Crippen MR) is 85.9 cm³/mol. The number of hydrogen-bond donors (Lipinski definition) is 0. The second-order valence-electron chi connectivity index (χ2n) is 6.10. The summed E-state index contributed by atoms with van der Waals surface area (Å²) in [6.07, 6.45) is 0. The summed E-state index contributed by atoms with van der Waals surface area (Å²) in [5.74, 6) is 0. The molecule has 1 aromatic rings. The van der Waals surface area contributed by atoms with Crippen molar-refractivity contribution in [2.75, 3.05) is 76.3 Å². The first-order chi connectivity index (χ1) is 9.72. The smallest absolute Gasteiger partial charge is 0.0368 e. The molecule has 4 heteroatoms. The Balaban J connectivity index is 1.62. The van der Waals surface area contributed by atoms with Crippen LogP contribution in [-0.4, -0.2) is 76.3 Å². The largest absolute Gasteiger partial charge is 0.369 e. The molecule has 110 valence electrons. The van der Waals surface area contributed by atoms with Crippen LogP contribution in [0.2, 0.25) is 0 Å². The molecule has 0 N–H and O–H groups in total. The molecule has 0 aromatic heterocycles. The SMILES string of the molecule is CN1CCN(c2ccc(N3CCN(C)CC3)cc2)CC1. The van der Waals surface area contributed by atoms with E-state index in [1.807, 2.05) is 0 Å². The van der Waals surface area contributed by atoms with E-state index in [4.69, 9.17) is 0 Å². The maximum absolute atomic E-state index is 2.49. The zero-order chi connectivity index (χ0) is 13.9. The number of likely N-dealkylation sites (N-methyl/N-ethyl adjacent to an activating group) is 2. The van der Waals surface area contributed by atoms with Gasteiger partial charge in [-0.3, -0.25) is 0 Å². The van der Waals surface area contributed by atoms with Crippen LogP contribution in [-0.2, 0) is 0 Å². The molecule has 0 bridgehead atoms. The standard InChI is InChI=1S/C16H26N4/c1-17-7-11-19(12-8-17)15-3-5-16(6-4-15)20-13-9-18(2)10-14-20/h3-6H,7-14H2,1-2H3. The molecule has 0 radical (unpaired) electrons. The number of benzene rings is 1. The summed E-state index contributed by atoms with van der Waals surface area (Å²) >= 11 is 0. The lowest BCUT2D eigenvalue weighted by Crippen LogP contribution is -2.45. The van der Waals surface area contributed by atoms with Gasteiger partial charge in [0.05, 0.1) is 0 Å². The quantitative estimate of drug-likeness (QED) is 0.803. The first kappa shape index (κ1) is 13.7. The van der Waals surface area contributed by atoms with Crippen LogP contribution in [0, 0.1) is 0 Å². The molecule has 0 saturated carbocycles. The zero-order valence-electron chi connectivity index (χ0n) is 12.8. The fraction of sp³-hybridized carbons (Fsp3) is 0.625. The first-order valence-corrected chi connectivity index (χ1v) is 7.69. The van der Waals surface area contributed by atoms with E-state index < -0.39 is 0 Å². The van der Waals surface area contributed by atoms with Crippen molar-refractivity contribution in [3.8, 4) is 0 Å². The number of hydrogen-bond acceptors (Lipinski definition) is 4. The highest BCUT2D eigenvalue weighted by Gasteiger charge is 2.16. The molecule has 2 aliphatic heterocycles. The molecule has 2 saturated heterocycles. The highest BCUT2D eigenvalue weighted by molar-refractivity contribution is 5.56. The summed E-state index contributed by atoms with van der Waals surface area (Å²) in [5, 5.41) is 0. The van der Waals surface area contributed by atoms with Crippen molar-refractivity contribution < 1.29 is 0 Å². The van der Waals surface area contributed by atoms with E-state index in [1.165, 1.54) is 37.6 Å². The minimum absolute atomic E-state index is 1.14. The summed E-state index contributed by atoms with van der Waals surface area (Å²) < 4.78 is 0. The Labute approximate surface area is 122 Å². The molecular weight excluding hydrogens is 248 g/mol. The fourth-order valence-electron chi connectivity index (χ4n) is 3.00. The number of nitrogens with zero attached hydrogens (tertiary/aromatic N) is 4. The van der Waals surface area contributed by atoms with E-state index in [-0.39, 0.29) is 0 Å². The third kappa shape index (κ3) is 3.07. The lowest BCUT2D eigenvalue weighted by Gasteiger charge is -2.35. The maximum Gasteiger partial charge on any atom is 0.0368 e. The average molecular weight is 274 g/mol. The number of rotatable bonds is 2. The van der Waals surface area contributed by atoms with Crippen LogP contribution in [0.4, 0.5) is 11.4 Å². The molecule has 1 aromatic carbocycles. The minimum atomic E-state index is 1.14. The van der Waals surface area contributed by atoms with Crippen molar-refractivity contribution in [3.63, 3.8) is 0 Å². The highest BCUT2D eigenvalue weighted by Crippen LogP contribution is 2.22. The van der Waals surface area contributed by atoms with Gasteiger partial charge < -0.3 is 19.6 Å². The number of piperazine rings is 2. The van der Waals surface area contributed by atoms with Gasteiger partial charge in [-0.2, -0.15) is 0 Å². The van der Waals surface area contributed by atoms with Gasteiger partial charge in [0, 0.05) is 63.7 Å². The molecule has 4 nitrogen and oxygen atoms in total. The third-order valence-electron chi connectivity index (χ3n) is 4.59. The Morgan fingerprint density at radius 3 is 1.15 bits per heavy atom. The summed E-state index contributed by atoms with van der Waals surface area (Å²) in [7, 11) is 4.40. The van der Waals surface area contributed by atoms with Crippen LogP contribution in [0.25, 0.3) is 0 Å². The van der Waals surface area contributed by atoms with Crippen molar-refractivity contribution in [1.82, 2.24) is 9.80 Å². The van der Waals surface area contributed by atoms with Crippen molar-refractivity contribution >= 4 is 11.4 Å². The van der Waals surface area contributed by atoms with Gasteiger partial charge in [-0.15, -0.1) is 0 Å². The molecular formula is C16H26N4. The molecule has 2 heterocycles. The summed E-state index contributed by atoms with van der Waals surface area (Å²) in [6.45, 7) is 9.24. The van der Waals surface area contributed by atoms with Gasteiger partial charge >= 0.3 is 0 Å². The van der Waals surface area contributed by atoms with Gasteiger partial charge in [0.2, 0.25) is 0 Å². The molecule has 0 amide bonds. The molecule has 0 aliphatic carbocycles. The van der Waals surface area contributed by atoms with Crippen molar-refractivity contribution in [2.24, 2.45) is 0 Å². The lowest BCUT2D eigenvalue weighted by atomic mass is 10.2. The molecule has 0 spiro atoms. The third-order valence-corrected chi connectivity index (χ3v) is 4.59. The second kappa shape index (κ2) is 6.02. The van der Waals surface area contributed by atoms with Gasteiger partial charge in [-0.1, -0.05) is 0 Å². The Bertz CT molecular complexity index is 374. The van der Waals surface area contributed by atoms with Gasteiger partial charge in [0.25, 0.3) is 0 Å². The molecule has 2 aliphatic rings. The van der Waals surface area contributed by atoms with Crippen LogP contribution < -0.4 is 9.80 Å². The topological polar surface area (TPSA) is 13.0 Å². The Kier molecular flexibility index (Phi) is 4.13. The van der Waals surface area contributed by atoms with E-state index in [0.717, 1.165) is 26.2 Å². The Hall–Kier alpha value is -1.26. The summed E-state index contributed by atoms with van der Waals surface area (Å²) in [6, 6.07) is 9.16. The molecule has 0 atom stereocenters. The van der Waals surface area contributed by atoms with Crippen molar-refractivity contribution in [2.45, 2.75) is 0 Å². The zero-order valence-corrected chi connectivity index (χ0v) is 12.8. The monoisotopic (exact) mass is 274 g/mol. The van der Waals surface area contributed by atoms with Crippen LogP contribution in [0.1, 0.15) is 0 Å². The lowest BCUT2D eigenvalue weighted by molar-refractivity contribution is 0.312. The normalized spacial score (nSPS) is 22.3. The maximum atomic E-state index is 2.49. The van der Waals surface area contributed by atoms with Crippen LogP contribution in [0.5, 0.6) is 0 Å². The molecule has 2 fully saturated rings. The van der Waals surface area contributed by atoms with Crippen LogP contribution in [0.15, 0.2) is 24.3 Å². The van der Waals surface area contributed by atoms with E-state index in [2.05, 4.69) is 58.0 Å². The van der Waals surface area contributed by atoms with E-state index in [9.17, 15) is 0 Å².